The molecule has 200 valence electrons. The lowest BCUT2D eigenvalue weighted by molar-refractivity contribution is -0.227. The van der Waals surface area contributed by atoms with E-state index in [-0.39, 0.29) is 0 Å². The molecule has 2 aromatic rings. The van der Waals surface area contributed by atoms with Crippen molar-refractivity contribution in [2.75, 3.05) is 20.3 Å². The Morgan fingerprint density at radius 1 is 1.08 bits per heavy atom. The minimum Gasteiger partial charge on any atom is -0.494 e. The molecule has 0 spiro atoms. The number of halogens is 1. The summed E-state index contributed by atoms with van der Waals surface area (Å²) in [6.07, 6.45) is -5.87. The zero-order valence-corrected chi connectivity index (χ0v) is 21.5. The minimum absolute atomic E-state index is 0.293. The molecule has 9 nitrogen and oxygen atoms in total. The topological polar surface area (TPSA) is 126 Å². The molecule has 0 bridgehead atoms. The van der Waals surface area contributed by atoms with E-state index in [9.17, 15) is 24.9 Å². The Labute approximate surface area is 220 Å². The highest BCUT2D eigenvalue weighted by Gasteiger charge is 2.50. The molecule has 37 heavy (non-hydrogen) atoms. The number of nitrogens with zero attached hydrogens (tertiary/aromatic N) is 1. The fraction of sp³-hybridized carbons (Fsp3) is 0.481. The molecule has 2 aromatic carbocycles. The molecular weight excluding hydrogens is 502 g/mol. The standard InChI is InChI=1S/C27H32ClNO8/c1-3-36-18-9-6-15(7-10-18)13-17-14-16(8-11-19(17)28)24-22(31)21(30)23(32)25(37-24)26(33)29-12-4-5-20(29)27(34)35-2/h6-11,14,20-25,30-32H,3-5,12-13H2,1-2H3/t20-,21-,22+,23+,24-,25-/m0/s1. The molecule has 0 aromatic heterocycles. The van der Waals surface area contributed by atoms with Gasteiger partial charge in [-0.2, -0.15) is 0 Å². The van der Waals surface area contributed by atoms with Gasteiger partial charge >= 0.3 is 5.97 Å². The first-order valence-corrected chi connectivity index (χ1v) is 12.7. The van der Waals surface area contributed by atoms with E-state index in [0.29, 0.717) is 43.0 Å². The van der Waals surface area contributed by atoms with E-state index < -0.39 is 48.4 Å². The summed E-state index contributed by atoms with van der Waals surface area (Å²) in [6.45, 7) is 2.78. The van der Waals surface area contributed by atoms with Crippen LogP contribution in [0.2, 0.25) is 5.02 Å². The molecule has 2 aliphatic rings. The predicted molar refractivity (Wildman–Crippen MR) is 134 cm³/mol. The fourth-order valence-electron chi connectivity index (χ4n) is 4.93. The maximum Gasteiger partial charge on any atom is 0.328 e. The maximum absolute atomic E-state index is 13.3. The molecule has 10 heteroatoms. The van der Waals surface area contributed by atoms with Crippen LogP contribution in [0.3, 0.4) is 0 Å². The number of aliphatic hydroxyl groups excluding tert-OH is 3. The Hall–Kier alpha value is -2.69. The SMILES string of the molecule is CCOc1ccc(Cc2cc([C@@H]3O[C@H](C(=O)N4CCC[C@H]4C(=O)OC)[C@H](O)[C@@H](O)[C@H]3O)ccc2Cl)cc1. The maximum atomic E-state index is 13.3. The Kier molecular flexibility index (Phi) is 8.71. The average Bonchev–Trinajstić information content (AvgIpc) is 3.39. The van der Waals surface area contributed by atoms with Gasteiger partial charge < -0.3 is 34.4 Å². The lowest BCUT2D eigenvalue weighted by Crippen LogP contribution is -2.60. The zero-order chi connectivity index (χ0) is 26.7. The van der Waals surface area contributed by atoms with Crippen molar-refractivity contribution in [1.82, 2.24) is 4.90 Å². The quantitative estimate of drug-likeness (QED) is 0.462. The first-order valence-electron chi connectivity index (χ1n) is 12.3. The second kappa shape index (κ2) is 11.8. The van der Waals surface area contributed by atoms with Crippen LogP contribution in [0.5, 0.6) is 5.75 Å². The summed E-state index contributed by atoms with van der Waals surface area (Å²) in [7, 11) is 1.25. The van der Waals surface area contributed by atoms with Crippen LogP contribution >= 0.6 is 11.6 Å². The van der Waals surface area contributed by atoms with Gasteiger partial charge in [0.2, 0.25) is 0 Å². The molecule has 3 N–H and O–H groups in total. The van der Waals surface area contributed by atoms with Gasteiger partial charge in [-0.1, -0.05) is 35.9 Å². The summed E-state index contributed by atoms with van der Waals surface area (Å²) in [5, 5.41) is 32.5. The number of likely N-dealkylation sites (tertiary alicyclic amines) is 1. The van der Waals surface area contributed by atoms with Crippen molar-refractivity contribution in [3.63, 3.8) is 0 Å². The number of methoxy groups -OCH3 is 1. The number of aliphatic hydroxyl groups is 3. The summed E-state index contributed by atoms with van der Waals surface area (Å²) in [5.41, 5.74) is 2.24. The highest BCUT2D eigenvalue weighted by atomic mass is 35.5. The Bertz CT molecular complexity index is 1110. The van der Waals surface area contributed by atoms with Gasteiger partial charge in [-0.25, -0.2) is 4.79 Å². The van der Waals surface area contributed by atoms with Crippen LogP contribution in [-0.4, -0.2) is 82.8 Å². The normalized spacial score (nSPS) is 27.7. The van der Waals surface area contributed by atoms with Crippen LogP contribution in [0.15, 0.2) is 42.5 Å². The number of carbonyl (C=O) groups is 2. The number of rotatable bonds is 7. The summed E-state index contributed by atoms with van der Waals surface area (Å²) in [5.74, 6) is -0.426. The van der Waals surface area contributed by atoms with Gasteiger partial charge in [0.1, 0.15) is 36.2 Å². The fourth-order valence-corrected chi connectivity index (χ4v) is 5.12. The van der Waals surface area contributed by atoms with Crippen LogP contribution in [-0.2, 0) is 25.5 Å². The van der Waals surface area contributed by atoms with Crippen molar-refractivity contribution in [3.8, 4) is 5.75 Å². The number of carbonyl (C=O) groups excluding carboxylic acids is 2. The molecule has 2 aliphatic heterocycles. The second-order valence-electron chi connectivity index (χ2n) is 9.27. The van der Waals surface area contributed by atoms with Crippen LogP contribution in [0.25, 0.3) is 0 Å². The van der Waals surface area contributed by atoms with Crippen LogP contribution < -0.4 is 4.74 Å². The number of hydrogen-bond donors (Lipinski definition) is 3. The van der Waals surface area contributed by atoms with Crippen molar-refractivity contribution in [2.45, 2.75) is 62.7 Å². The van der Waals surface area contributed by atoms with E-state index in [2.05, 4.69) is 0 Å². The lowest BCUT2D eigenvalue weighted by atomic mass is 9.89. The van der Waals surface area contributed by atoms with Gasteiger partial charge in [0, 0.05) is 11.6 Å². The Morgan fingerprint density at radius 3 is 2.49 bits per heavy atom. The number of benzene rings is 2. The van der Waals surface area contributed by atoms with E-state index in [1.54, 1.807) is 18.2 Å². The molecule has 6 atom stereocenters. The molecule has 0 radical (unpaired) electrons. The molecule has 2 heterocycles. The van der Waals surface area contributed by atoms with Crippen molar-refractivity contribution in [3.05, 3.63) is 64.2 Å². The monoisotopic (exact) mass is 533 g/mol. The molecule has 0 aliphatic carbocycles. The van der Waals surface area contributed by atoms with E-state index in [1.807, 2.05) is 31.2 Å². The molecule has 0 saturated carbocycles. The van der Waals surface area contributed by atoms with Crippen LogP contribution in [0, 0.1) is 0 Å². The first kappa shape index (κ1) is 27.3. The first-order chi connectivity index (χ1) is 17.7. The highest BCUT2D eigenvalue weighted by molar-refractivity contribution is 6.31. The van der Waals surface area contributed by atoms with E-state index in [0.717, 1.165) is 16.9 Å². The van der Waals surface area contributed by atoms with Crippen LogP contribution in [0.4, 0.5) is 0 Å². The average molecular weight is 534 g/mol. The third-order valence-electron chi connectivity index (χ3n) is 6.89. The smallest absolute Gasteiger partial charge is 0.328 e. The predicted octanol–water partition coefficient (Wildman–Crippen LogP) is 2.02. The molecule has 1 amide bonds. The summed E-state index contributed by atoms with van der Waals surface area (Å²) < 4.78 is 16.2. The Morgan fingerprint density at radius 2 is 1.81 bits per heavy atom. The van der Waals surface area contributed by atoms with Gasteiger partial charge in [-0.3, -0.25) is 4.79 Å². The van der Waals surface area contributed by atoms with Crippen molar-refractivity contribution in [1.29, 1.82) is 0 Å². The number of amides is 1. The van der Waals surface area contributed by atoms with Gasteiger partial charge in [-0.05, 0) is 61.1 Å². The Balaban J connectivity index is 1.56. The summed E-state index contributed by atoms with van der Waals surface area (Å²) in [6, 6.07) is 11.9. The van der Waals surface area contributed by atoms with Gasteiger partial charge in [-0.15, -0.1) is 0 Å². The molecule has 0 unspecified atom stereocenters. The van der Waals surface area contributed by atoms with Gasteiger partial charge in [0.15, 0.2) is 6.10 Å². The number of hydrogen-bond acceptors (Lipinski definition) is 8. The highest BCUT2D eigenvalue weighted by Crippen LogP contribution is 2.36. The number of ether oxygens (including phenoxy) is 3. The third kappa shape index (κ3) is 5.76. The van der Waals surface area contributed by atoms with Crippen LogP contribution in [0.1, 0.15) is 42.6 Å². The van der Waals surface area contributed by atoms with Crippen molar-refractivity contribution in [2.24, 2.45) is 0 Å². The van der Waals surface area contributed by atoms with Crippen molar-refractivity contribution < 1.29 is 39.1 Å². The summed E-state index contributed by atoms with van der Waals surface area (Å²) in [4.78, 5) is 26.8. The molecular formula is C27H32ClNO8. The third-order valence-corrected chi connectivity index (χ3v) is 7.26. The molecule has 4 rings (SSSR count). The minimum atomic E-state index is -1.67. The second-order valence-corrected chi connectivity index (χ2v) is 9.67. The van der Waals surface area contributed by atoms with E-state index in [1.165, 1.54) is 12.0 Å². The van der Waals surface area contributed by atoms with E-state index >= 15 is 0 Å². The van der Waals surface area contributed by atoms with Gasteiger partial charge in [0.25, 0.3) is 5.91 Å². The lowest BCUT2D eigenvalue weighted by Gasteiger charge is -2.41. The van der Waals surface area contributed by atoms with E-state index in [4.69, 9.17) is 25.8 Å². The van der Waals surface area contributed by atoms with Gasteiger partial charge in [0.05, 0.1) is 13.7 Å². The molecule has 2 fully saturated rings. The molecule has 2 saturated heterocycles. The summed E-state index contributed by atoms with van der Waals surface area (Å²) >= 11 is 6.46. The van der Waals surface area contributed by atoms with Crippen molar-refractivity contribution >= 4 is 23.5 Å². The number of esters is 1. The largest absolute Gasteiger partial charge is 0.494 e. The zero-order valence-electron chi connectivity index (χ0n) is 20.7.